The van der Waals surface area contributed by atoms with E-state index in [1.54, 1.807) is 60.8 Å². The summed E-state index contributed by atoms with van der Waals surface area (Å²) in [5, 5.41) is 12.0. The number of ether oxygens (including phenoxy) is 1. The van der Waals surface area contributed by atoms with E-state index in [0.717, 1.165) is 26.8 Å². The Morgan fingerprint density at radius 1 is 0.827 bits per heavy atom. The van der Waals surface area contributed by atoms with Crippen LogP contribution in [0.1, 0.15) is 39.4 Å². The summed E-state index contributed by atoms with van der Waals surface area (Å²) in [7, 11) is 0. The summed E-state index contributed by atoms with van der Waals surface area (Å²) < 4.78 is 5.01. The maximum Gasteiger partial charge on any atom is 0.311 e. The highest BCUT2D eigenvalue weighted by atomic mass is 32.2. The van der Waals surface area contributed by atoms with Gasteiger partial charge in [-0.3, -0.25) is 19.2 Å². The molecule has 6 rings (SSSR count). The van der Waals surface area contributed by atoms with Crippen LogP contribution in [0.5, 0.6) is 0 Å². The van der Waals surface area contributed by atoms with Crippen molar-refractivity contribution in [2.75, 3.05) is 17.2 Å². The first-order valence-corrected chi connectivity index (χ1v) is 18.2. The summed E-state index contributed by atoms with van der Waals surface area (Å²) in [6, 6.07) is 38.8. The number of nitrogens with zero attached hydrogens (tertiary/aromatic N) is 1. The zero-order valence-corrected chi connectivity index (χ0v) is 29.7. The molecule has 0 fully saturated rings. The van der Waals surface area contributed by atoms with Crippen molar-refractivity contribution in [3.8, 4) is 0 Å². The second kappa shape index (κ2) is 17.3. The zero-order valence-electron chi connectivity index (χ0n) is 28.1. The number of hydrogen-bond acceptors (Lipinski definition) is 8. The Labute approximate surface area is 309 Å². The fourth-order valence-corrected chi connectivity index (χ4v) is 7.13. The molecule has 0 spiro atoms. The standard InChI is InChI=1S/C41H34N4O5S2/c1-2-50-36(46)25-32-26-51-41(43-32)45-40(49)37(28-14-5-3-6-15-28)52-33-21-12-20-31(24-33)42-39(48)35(44-38(47)29-16-7-4-8-17-29)23-30-19-11-18-27-13-9-10-22-34(27)30/h3-24,26,37H,2,25H2,1H3,(H,42,48)(H,44,47)(H,43,45,49)/b35-23+. The molecule has 1 atom stereocenters. The van der Waals surface area contributed by atoms with E-state index in [2.05, 4.69) is 20.9 Å². The average molecular weight is 727 g/mol. The second-order valence-electron chi connectivity index (χ2n) is 11.5. The van der Waals surface area contributed by atoms with E-state index in [4.69, 9.17) is 4.74 Å². The van der Waals surface area contributed by atoms with Crippen LogP contribution in [0.25, 0.3) is 16.8 Å². The molecule has 11 heteroatoms. The highest BCUT2D eigenvalue weighted by Gasteiger charge is 2.24. The van der Waals surface area contributed by atoms with Crippen LogP contribution < -0.4 is 16.0 Å². The number of carbonyl (C=O) groups is 4. The van der Waals surface area contributed by atoms with Gasteiger partial charge >= 0.3 is 5.97 Å². The van der Waals surface area contributed by atoms with Crippen molar-refractivity contribution in [2.45, 2.75) is 23.5 Å². The van der Waals surface area contributed by atoms with E-state index in [0.29, 0.717) is 22.1 Å². The first-order valence-electron chi connectivity index (χ1n) is 16.5. The molecule has 0 bridgehead atoms. The number of carbonyl (C=O) groups excluding carboxylic acids is 4. The number of fused-ring (bicyclic) bond motifs is 1. The number of thioether (sulfide) groups is 1. The lowest BCUT2D eigenvalue weighted by Gasteiger charge is -2.17. The molecule has 52 heavy (non-hydrogen) atoms. The predicted molar refractivity (Wildman–Crippen MR) is 207 cm³/mol. The van der Waals surface area contributed by atoms with E-state index in [-0.39, 0.29) is 30.6 Å². The number of rotatable bonds is 13. The third kappa shape index (κ3) is 9.39. The van der Waals surface area contributed by atoms with Gasteiger partial charge in [0.15, 0.2) is 5.13 Å². The molecule has 3 N–H and O–H groups in total. The molecular formula is C41H34N4O5S2. The second-order valence-corrected chi connectivity index (χ2v) is 13.5. The quantitative estimate of drug-likeness (QED) is 0.0621. The van der Waals surface area contributed by atoms with E-state index in [9.17, 15) is 19.2 Å². The molecule has 0 saturated heterocycles. The van der Waals surface area contributed by atoms with Gasteiger partial charge < -0.3 is 20.7 Å². The molecule has 0 aliphatic heterocycles. The SMILES string of the molecule is CCOC(=O)Cc1csc(NC(=O)C(Sc2cccc(NC(=O)/C(=C\c3cccc4ccccc34)NC(=O)c3ccccc3)c2)c2ccccc2)n1. The van der Waals surface area contributed by atoms with Crippen molar-refractivity contribution >= 4 is 74.5 Å². The van der Waals surface area contributed by atoms with Crippen molar-refractivity contribution in [3.63, 3.8) is 0 Å². The van der Waals surface area contributed by atoms with Crippen LogP contribution in [0.3, 0.4) is 0 Å². The summed E-state index contributed by atoms with van der Waals surface area (Å²) in [5.41, 5.74) is 3.01. The Morgan fingerprint density at radius 3 is 2.33 bits per heavy atom. The summed E-state index contributed by atoms with van der Waals surface area (Å²) in [6.45, 7) is 2.02. The summed E-state index contributed by atoms with van der Waals surface area (Å²) in [4.78, 5) is 57.9. The van der Waals surface area contributed by atoms with Gasteiger partial charge in [-0.2, -0.15) is 0 Å². The van der Waals surface area contributed by atoms with Crippen molar-refractivity contribution in [3.05, 3.63) is 161 Å². The first kappa shape index (κ1) is 35.8. The predicted octanol–water partition coefficient (Wildman–Crippen LogP) is 8.28. The van der Waals surface area contributed by atoms with Gasteiger partial charge in [0.1, 0.15) is 10.9 Å². The Balaban J connectivity index is 1.23. The van der Waals surface area contributed by atoms with Crippen LogP contribution in [-0.2, 0) is 25.5 Å². The zero-order chi connectivity index (χ0) is 36.3. The Hall–Kier alpha value is -6.04. The topological polar surface area (TPSA) is 126 Å². The van der Waals surface area contributed by atoms with Crippen molar-refractivity contribution in [2.24, 2.45) is 0 Å². The molecule has 0 aliphatic rings. The molecule has 0 radical (unpaired) electrons. The lowest BCUT2D eigenvalue weighted by molar-refractivity contribution is -0.142. The smallest absolute Gasteiger partial charge is 0.311 e. The van der Waals surface area contributed by atoms with Gasteiger partial charge in [-0.25, -0.2) is 4.98 Å². The van der Waals surface area contributed by atoms with Gasteiger partial charge in [0, 0.05) is 21.5 Å². The Kier molecular flexibility index (Phi) is 11.9. The summed E-state index contributed by atoms with van der Waals surface area (Å²) in [5.74, 6) is -1.62. The largest absolute Gasteiger partial charge is 0.466 e. The van der Waals surface area contributed by atoms with Gasteiger partial charge in [0.05, 0.1) is 18.7 Å². The number of aromatic nitrogens is 1. The molecule has 6 aromatic rings. The molecule has 1 heterocycles. The number of benzene rings is 5. The fourth-order valence-electron chi connectivity index (χ4n) is 5.33. The van der Waals surface area contributed by atoms with Crippen LogP contribution in [-0.4, -0.2) is 35.3 Å². The highest BCUT2D eigenvalue weighted by Crippen LogP contribution is 2.37. The van der Waals surface area contributed by atoms with Crippen LogP contribution >= 0.6 is 23.1 Å². The van der Waals surface area contributed by atoms with Gasteiger partial charge in [-0.1, -0.05) is 97.1 Å². The molecule has 1 unspecified atom stereocenters. The van der Waals surface area contributed by atoms with Crippen LogP contribution in [0.15, 0.2) is 143 Å². The number of amides is 3. The maximum atomic E-state index is 13.9. The minimum absolute atomic E-state index is 0.0182. The third-order valence-corrected chi connectivity index (χ3v) is 9.81. The van der Waals surface area contributed by atoms with E-state index in [1.807, 2.05) is 84.9 Å². The summed E-state index contributed by atoms with van der Waals surface area (Å²) >= 11 is 2.54. The van der Waals surface area contributed by atoms with Gasteiger partial charge in [0.2, 0.25) is 5.91 Å². The minimum Gasteiger partial charge on any atom is -0.466 e. The Bertz CT molecular complexity index is 2230. The van der Waals surface area contributed by atoms with E-state index < -0.39 is 17.1 Å². The molecule has 9 nitrogen and oxygen atoms in total. The van der Waals surface area contributed by atoms with E-state index in [1.165, 1.54) is 23.1 Å². The maximum absolute atomic E-state index is 13.9. The van der Waals surface area contributed by atoms with Gasteiger partial charge in [0.25, 0.3) is 11.8 Å². The number of esters is 1. The molecule has 1 aromatic heterocycles. The monoisotopic (exact) mass is 726 g/mol. The fraction of sp³-hybridized carbons (Fsp3) is 0.0976. The van der Waals surface area contributed by atoms with Crippen LogP contribution in [0.4, 0.5) is 10.8 Å². The molecule has 5 aromatic carbocycles. The third-order valence-electron chi connectivity index (χ3n) is 7.75. The number of thiazole rings is 1. The summed E-state index contributed by atoms with van der Waals surface area (Å²) in [6.07, 6.45) is 1.69. The minimum atomic E-state index is -0.670. The molecule has 0 aliphatic carbocycles. The molecule has 3 amide bonds. The number of anilines is 2. The van der Waals surface area contributed by atoms with Crippen molar-refractivity contribution in [1.29, 1.82) is 0 Å². The van der Waals surface area contributed by atoms with Crippen LogP contribution in [0.2, 0.25) is 0 Å². The van der Waals surface area contributed by atoms with E-state index >= 15 is 0 Å². The molecule has 0 saturated carbocycles. The highest BCUT2D eigenvalue weighted by molar-refractivity contribution is 8.00. The molecular weight excluding hydrogens is 693 g/mol. The van der Waals surface area contributed by atoms with Crippen LogP contribution in [0, 0.1) is 0 Å². The Morgan fingerprint density at radius 2 is 1.54 bits per heavy atom. The van der Waals surface area contributed by atoms with Crippen molar-refractivity contribution < 1.29 is 23.9 Å². The molecule has 260 valence electrons. The average Bonchev–Trinajstić information content (AvgIpc) is 3.60. The lowest BCUT2D eigenvalue weighted by atomic mass is 10.0. The van der Waals surface area contributed by atoms with Gasteiger partial charge in [-0.05, 0) is 65.2 Å². The van der Waals surface area contributed by atoms with Gasteiger partial charge in [-0.15, -0.1) is 23.1 Å². The number of hydrogen-bond donors (Lipinski definition) is 3. The first-order chi connectivity index (χ1) is 25.4. The normalized spacial score (nSPS) is 11.8. The van der Waals surface area contributed by atoms with Crippen molar-refractivity contribution in [1.82, 2.24) is 10.3 Å². The lowest BCUT2D eigenvalue weighted by Crippen LogP contribution is -2.30. The number of nitrogens with one attached hydrogen (secondary N) is 3.